The van der Waals surface area contributed by atoms with Crippen LogP contribution in [0.4, 0.5) is 0 Å². The molecule has 1 amide bonds. The van der Waals surface area contributed by atoms with Crippen LogP contribution in [-0.2, 0) is 22.5 Å². The summed E-state index contributed by atoms with van der Waals surface area (Å²) in [6.07, 6.45) is 1.84. The van der Waals surface area contributed by atoms with Crippen molar-refractivity contribution in [1.29, 1.82) is 0 Å². The van der Waals surface area contributed by atoms with Crippen molar-refractivity contribution in [2.24, 2.45) is 0 Å². The van der Waals surface area contributed by atoms with E-state index in [2.05, 4.69) is 18.8 Å². The lowest BCUT2D eigenvalue weighted by Crippen LogP contribution is -2.28. The Morgan fingerprint density at radius 3 is 2.45 bits per heavy atom. The normalized spacial score (nSPS) is 14.7. The van der Waals surface area contributed by atoms with Gasteiger partial charge in [0.05, 0.1) is 22.8 Å². The number of thiazole rings is 1. The molecule has 0 aromatic carbocycles. The van der Waals surface area contributed by atoms with Gasteiger partial charge in [-0.2, -0.15) is 0 Å². The van der Waals surface area contributed by atoms with Crippen molar-refractivity contribution in [1.82, 2.24) is 9.88 Å². The van der Waals surface area contributed by atoms with E-state index < -0.39 is 0 Å². The molecular formula is C15H26N2O2S. The molecule has 0 spiro atoms. The lowest BCUT2D eigenvalue weighted by atomic mass is 10.2. The van der Waals surface area contributed by atoms with Gasteiger partial charge in [-0.1, -0.05) is 13.8 Å². The summed E-state index contributed by atoms with van der Waals surface area (Å²) in [6, 6.07) is 0. The van der Waals surface area contributed by atoms with Crippen molar-refractivity contribution >= 4 is 17.7 Å². The highest BCUT2D eigenvalue weighted by molar-refractivity contribution is 7.11. The van der Waals surface area contributed by atoms with E-state index in [9.17, 15) is 4.79 Å². The zero-order valence-electron chi connectivity index (χ0n) is 13.4. The lowest BCUT2D eigenvalue weighted by molar-refractivity contribution is -0.118. The molecule has 1 aliphatic rings. The number of hydrogen-bond donors (Lipinski definition) is 0. The number of carbonyl (C=O) groups excluding carboxylic acids is 1. The van der Waals surface area contributed by atoms with Gasteiger partial charge in [0.15, 0.2) is 0 Å². The molecule has 114 valence electrons. The molecule has 1 aromatic rings. The molecule has 0 saturated heterocycles. The van der Waals surface area contributed by atoms with Gasteiger partial charge in [0.2, 0.25) is 6.41 Å². The summed E-state index contributed by atoms with van der Waals surface area (Å²) in [5, 5.41) is 1.20. The highest BCUT2D eigenvalue weighted by atomic mass is 32.1. The maximum Gasteiger partial charge on any atom is 0.210 e. The zero-order chi connectivity index (χ0) is 15.3. The molecule has 0 bridgehead atoms. The molecule has 0 saturated carbocycles. The predicted molar refractivity (Wildman–Crippen MR) is 83.1 cm³/mol. The van der Waals surface area contributed by atoms with Crippen molar-refractivity contribution in [3.63, 3.8) is 0 Å². The second kappa shape index (κ2) is 7.18. The largest absolute Gasteiger partial charge is 0.379 e. The van der Waals surface area contributed by atoms with Crippen LogP contribution in [0.15, 0.2) is 0 Å². The number of ether oxygens (including phenoxy) is 1. The quantitative estimate of drug-likeness (QED) is 0.787. The molecular weight excluding hydrogens is 272 g/mol. The highest BCUT2D eigenvalue weighted by Gasteiger charge is 2.20. The second-order valence-electron chi connectivity index (χ2n) is 6.22. The molecule has 1 aromatic heterocycles. The van der Waals surface area contributed by atoms with E-state index in [4.69, 9.17) is 4.74 Å². The molecule has 0 fully saturated rings. The first-order chi connectivity index (χ1) is 9.26. The Hall–Kier alpha value is -0.940. The highest BCUT2D eigenvalue weighted by Crippen LogP contribution is 2.28. The summed E-state index contributed by atoms with van der Waals surface area (Å²) >= 11 is 1.75. The van der Waals surface area contributed by atoms with Crippen LogP contribution in [0.5, 0.6) is 0 Å². The number of methoxy groups -OCH3 is 1. The van der Waals surface area contributed by atoms with Crippen LogP contribution in [0.25, 0.3) is 0 Å². The molecule has 5 heteroatoms. The van der Waals surface area contributed by atoms with E-state index in [1.165, 1.54) is 15.6 Å². The fraction of sp³-hybridized carbons (Fsp3) is 0.733. The summed E-state index contributed by atoms with van der Waals surface area (Å²) in [5.41, 5.74) is 1.25. The van der Waals surface area contributed by atoms with E-state index in [1.807, 2.05) is 25.7 Å². The molecule has 2 heterocycles. The zero-order valence-corrected chi connectivity index (χ0v) is 14.2. The monoisotopic (exact) mass is 298 g/mol. The summed E-state index contributed by atoms with van der Waals surface area (Å²) in [5.74, 6) is 0.496. The van der Waals surface area contributed by atoms with Crippen molar-refractivity contribution in [3.05, 3.63) is 15.6 Å². The molecule has 0 N–H and O–H groups in total. The summed E-state index contributed by atoms with van der Waals surface area (Å²) in [4.78, 5) is 18.3. The van der Waals surface area contributed by atoms with E-state index in [-0.39, 0.29) is 5.60 Å². The van der Waals surface area contributed by atoms with Gasteiger partial charge in [0.25, 0.3) is 0 Å². The molecule has 20 heavy (non-hydrogen) atoms. The van der Waals surface area contributed by atoms with Gasteiger partial charge in [0, 0.05) is 30.9 Å². The Balaban J connectivity index is 0.000000286. The number of aromatic nitrogens is 1. The van der Waals surface area contributed by atoms with Gasteiger partial charge in [0.1, 0.15) is 0 Å². The Morgan fingerprint density at radius 2 is 2.00 bits per heavy atom. The summed E-state index contributed by atoms with van der Waals surface area (Å²) in [6.45, 7) is 11.9. The fourth-order valence-electron chi connectivity index (χ4n) is 1.57. The van der Waals surface area contributed by atoms with Crippen molar-refractivity contribution in [2.45, 2.75) is 59.1 Å². The van der Waals surface area contributed by atoms with Gasteiger partial charge < -0.3 is 9.64 Å². The van der Waals surface area contributed by atoms with Crippen LogP contribution in [0.2, 0.25) is 0 Å². The number of carbonyl (C=O) groups is 1. The Kier molecular flexibility index (Phi) is 6.14. The number of hydrogen-bond acceptors (Lipinski definition) is 4. The molecule has 1 aliphatic heterocycles. The van der Waals surface area contributed by atoms with Crippen LogP contribution in [0.3, 0.4) is 0 Å². The molecule has 2 rings (SSSR count). The Morgan fingerprint density at radius 1 is 1.40 bits per heavy atom. The summed E-state index contributed by atoms with van der Waals surface area (Å²) in [7, 11) is 1.71. The molecule has 0 radical (unpaired) electrons. The summed E-state index contributed by atoms with van der Waals surface area (Å²) < 4.78 is 4.94. The van der Waals surface area contributed by atoms with E-state index in [1.54, 1.807) is 18.4 Å². The van der Waals surface area contributed by atoms with Crippen LogP contribution in [-0.4, -0.2) is 35.5 Å². The third-order valence-corrected chi connectivity index (χ3v) is 4.42. The average Bonchev–Trinajstić information content (AvgIpc) is 2.81. The third kappa shape index (κ3) is 5.21. The second-order valence-corrected chi connectivity index (χ2v) is 7.33. The van der Waals surface area contributed by atoms with Crippen LogP contribution >= 0.6 is 11.3 Å². The van der Waals surface area contributed by atoms with Crippen LogP contribution < -0.4 is 0 Å². The van der Waals surface area contributed by atoms with Gasteiger partial charge in [-0.15, -0.1) is 11.3 Å². The van der Waals surface area contributed by atoms with Gasteiger partial charge in [-0.3, -0.25) is 4.79 Å². The van der Waals surface area contributed by atoms with Crippen LogP contribution in [0, 0.1) is 0 Å². The maximum absolute atomic E-state index is 10.6. The average molecular weight is 298 g/mol. The van der Waals surface area contributed by atoms with Crippen molar-refractivity contribution in [3.8, 4) is 0 Å². The third-order valence-electron chi connectivity index (χ3n) is 3.03. The smallest absolute Gasteiger partial charge is 0.210 e. The van der Waals surface area contributed by atoms with E-state index in [0.717, 1.165) is 25.9 Å². The fourth-order valence-corrected chi connectivity index (χ4v) is 2.71. The first-order valence-corrected chi connectivity index (χ1v) is 7.81. The molecule has 4 nitrogen and oxygen atoms in total. The standard InChI is InChI=1S/C10H14N2OS.C5H12O/c1-7(2)10-11-8-3-4-12(6-13)5-9(8)14-10;1-5(2,3)6-4/h6-7H,3-5H2,1-2H3;1-4H3. The predicted octanol–water partition coefficient (Wildman–Crippen LogP) is 3.21. The Bertz CT molecular complexity index is 436. The minimum absolute atomic E-state index is 0.0417. The van der Waals surface area contributed by atoms with Crippen molar-refractivity contribution in [2.75, 3.05) is 13.7 Å². The first kappa shape index (κ1) is 17.1. The SMILES string of the molecule is CC(C)c1nc2c(s1)CN(C=O)CC2.COC(C)(C)C. The van der Waals surface area contributed by atoms with Gasteiger partial charge in [-0.05, 0) is 20.8 Å². The molecule has 0 aliphatic carbocycles. The van der Waals surface area contributed by atoms with Crippen molar-refractivity contribution < 1.29 is 9.53 Å². The lowest BCUT2D eigenvalue weighted by Gasteiger charge is -2.21. The molecule has 0 atom stereocenters. The van der Waals surface area contributed by atoms with E-state index in [0.29, 0.717) is 5.92 Å². The minimum atomic E-state index is 0.0417. The van der Waals surface area contributed by atoms with Gasteiger partial charge in [-0.25, -0.2) is 4.98 Å². The topological polar surface area (TPSA) is 42.4 Å². The number of fused-ring (bicyclic) bond motifs is 1. The number of amides is 1. The Labute approximate surface area is 126 Å². The van der Waals surface area contributed by atoms with Gasteiger partial charge >= 0.3 is 0 Å². The number of nitrogens with zero attached hydrogens (tertiary/aromatic N) is 2. The van der Waals surface area contributed by atoms with Crippen LogP contribution in [0.1, 0.15) is 56.1 Å². The first-order valence-electron chi connectivity index (χ1n) is 6.99. The minimum Gasteiger partial charge on any atom is -0.379 e. The maximum atomic E-state index is 10.6. The molecule has 0 unspecified atom stereocenters. The van der Waals surface area contributed by atoms with E-state index >= 15 is 0 Å². The number of rotatable bonds is 2.